The molecule has 2 aromatic carbocycles. The summed E-state index contributed by atoms with van der Waals surface area (Å²) in [7, 11) is 0. The fourth-order valence-corrected chi connectivity index (χ4v) is 3.13. The maximum Gasteiger partial charge on any atom is 0.251 e. The van der Waals surface area contributed by atoms with Crippen LogP contribution in [0.25, 0.3) is 0 Å². The minimum absolute atomic E-state index is 0.206. The second-order valence-electron chi connectivity index (χ2n) is 6.99. The number of ether oxygens (including phenoxy) is 1. The summed E-state index contributed by atoms with van der Waals surface area (Å²) >= 11 is 0. The Bertz CT molecular complexity index is 789. The van der Waals surface area contributed by atoms with Crippen molar-refractivity contribution < 1.29 is 14.3 Å². The molecule has 1 saturated heterocycles. The van der Waals surface area contributed by atoms with Crippen LogP contribution in [0.5, 0.6) is 0 Å². The van der Waals surface area contributed by atoms with Crippen LogP contribution in [0.15, 0.2) is 54.6 Å². The maximum atomic E-state index is 12.3. The second-order valence-corrected chi connectivity index (χ2v) is 6.99. The molecule has 1 unspecified atom stereocenters. The molecule has 2 N–H and O–H groups in total. The fourth-order valence-electron chi connectivity index (χ4n) is 3.13. The number of benzene rings is 2. The van der Waals surface area contributed by atoms with Gasteiger partial charge in [0.25, 0.3) is 5.91 Å². The van der Waals surface area contributed by atoms with Crippen molar-refractivity contribution in [3.63, 3.8) is 0 Å². The van der Waals surface area contributed by atoms with Gasteiger partial charge in [0, 0.05) is 31.7 Å². The monoisotopic (exact) mass is 381 g/mol. The second kappa shape index (κ2) is 10.0. The number of amides is 2. The summed E-state index contributed by atoms with van der Waals surface area (Å²) < 4.78 is 5.38. The lowest BCUT2D eigenvalue weighted by molar-refractivity contribution is -0.122. The predicted molar refractivity (Wildman–Crippen MR) is 108 cm³/mol. The summed E-state index contributed by atoms with van der Waals surface area (Å²) in [4.78, 5) is 26.9. The molecule has 2 aromatic rings. The summed E-state index contributed by atoms with van der Waals surface area (Å²) in [5.74, 6) is -0.460. The lowest BCUT2D eigenvalue weighted by Gasteiger charge is -2.26. The van der Waals surface area contributed by atoms with E-state index in [-0.39, 0.29) is 11.8 Å². The molecule has 3 rings (SSSR count). The zero-order chi connectivity index (χ0) is 19.8. The molecule has 1 heterocycles. The fraction of sp³-hybridized carbons (Fsp3) is 0.364. The molecule has 0 spiro atoms. The van der Waals surface area contributed by atoms with Gasteiger partial charge >= 0.3 is 0 Å². The smallest absolute Gasteiger partial charge is 0.251 e. The van der Waals surface area contributed by atoms with Crippen LogP contribution >= 0.6 is 0 Å². The summed E-state index contributed by atoms with van der Waals surface area (Å²) in [5.41, 5.74) is 2.80. The minimum atomic E-state index is -0.607. The van der Waals surface area contributed by atoms with E-state index >= 15 is 0 Å². The summed E-state index contributed by atoms with van der Waals surface area (Å²) in [6, 6.07) is 16.5. The van der Waals surface area contributed by atoms with E-state index in [1.165, 1.54) is 5.56 Å². The van der Waals surface area contributed by atoms with Crippen molar-refractivity contribution in [1.82, 2.24) is 15.5 Å². The number of nitrogens with one attached hydrogen (secondary N) is 2. The van der Waals surface area contributed by atoms with Gasteiger partial charge in [-0.15, -0.1) is 0 Å². The molecule has 1 fully saturated rings. The minimum Gasteiger partial charge on any atom is -0.379 e. The van der Waals surface area contributed by atoms with Gasteiger partial charge < -0.3 is 15.4 Å². The van der Waals surface area contributed by atoms with Gasteiger partial charge in [-0.1, -0.05) is 42.5 Å². The maximum absolute atomic E-state index is 12.3. The molecule has 1 aliphatic heterocycles. The first kappa shape index (κ1) is 20.0. The number of morpholine rings is 1. The van der Waals surface area contributed by atoms with Crippen LogP contribution in [0, 0.1) is 0 Å². The topological polar surface area (TPSA) is 70.7 Å². The van der Waals surface area contributed by atoms with Crippen molar-refractivity contribution in [1.29, 1.82) is 0 Å². The Morgan fingerprint density at radius 2 is 1.75 bits per heavy atom. The zero-order valence-corrected chi connectivity index (χ0v) is 16.2. The van der Waals surface area contributed by atoms with Gasteiger partial charge in [0.05, 0.1) is 13.2 Å². The third-order valence-corrected chi connectivity index (χ3v) is 4.74. The van der Waals surface area contributed by atoms with Crippen LogP contribution in [0.3, 0.4) is 0 Å². The average molecular weight is 381 g/mol. The Kier molecular flexibility index (Phi) is 7.17. The van der Waals surface area contributed by atoms with Gasteiger partial charge in [0.15, 0.2) is 0 Å². The first-order valence-corrected chi connectivity index (χ1v) is 9.63. The third-order valence-electron chi connectivity index (χ3n) is 4.74. The van der Waals surface area contributed by atoms with E-state index in [0.717, 1.165) is 38.4 Å². The van der Waals surface area contributed by atoms with Crippen LogP contribution in [0.2, 0.25) is 0 Å². The number of hydrogen-bond acceptors (Lipinski definition) is 4. The molecule has 0 aromatic heterocycles. The Morgan fingerprint density at radius 1 is 1.04 bits per heavy atom. The van der Waals surface area contributed by atoms with Crippen LogP contribution in [0.4, 0.5) is 0 Å². The molecule has 6 nitrogen and oxygen atoms in total. The molecule has 6 heteroatoms. The van der Waals surface area contributed by atoms with Gasteiger partial charge in [-0.3, -0.25) is 14.5 Å². The molecule has 0 aliphatic carbocycles. The molecule has 0 saturated carbocycles. The Morgan fingerprint density at radius 3 is 2.50 bits per heavy atom. The van der Waals surface area contributed by atoms with E-state index < -0.39 is 6.04 Å². The lowest BCUT2D eigenvalue weighted by Crippen LogP contribution is -2.44. The largest absolute Gasteiger partial charge is 0.379 e. The standard InChI is InChI=1S/C22H27N3O3/c1-17(24-22(27)20-8-3-2-4-9-20)21(26)23-15-18-6-5-7-19(14-18)16-25-10-12-28-13-11-25/h2-9,14,17H,10-13,15-16H2,1H3,(H,23,26)(H,24,27). The van der Waals surface area contributed by atoms with Gasteiger partial charge in [-0.05, 0) is 30.2 Å². The summed E-state index contributed by atoms with van der Waals surface area (Å²) in [6.45, 7) is 6.45. The molecular weight excluding hydrogens is 354 g/mol. The molecule has 0 bridgehead atoms. The number of hydrogen-bond donors (Lipinski definition) is 2. The normalized spacial score (nSPS) is 15.6. The van der Waals surface area contributed by atoms with Crippen molar-refractivity contribution in [3.05, 3.63) is 71.3 Å². The molecule has 1 aliphatic rings. The molecule has 2 amide bonds. The first-order chi connectivity index (χ1) is 13.6. The third kappa shape index (κ3) is 5.90. The molecule has 148 valence electrons. The van der Waals surface area contributed by atoms with Gasteiger partial charge in [-0.25, -0.2) is 0 Å². The Balaban J connectivity index is 1.48. The highest BCUT2D eigenvalue weighted by atomic mass is 16.5. The van der Waals surface area contributed by atoms with Crippen LogP contribution in [-0.2, 0) is 22.6 Å². The number of rotatable bonds is 7. The highest BCUT2D eigenvalue weighted by Gasteiger charge is 2.16. The van der Waals surface area contributed by atoms with Crippen molar-refractivity contribution in [2.45, 2.75) is 26.1 Å². The van der Waals surface area contributed by atoms with E-state index in [4.69, 9.17) is 4.74 Å². The Hall–Kier alpha value is -2.70. The summed E-state index contributed by atoms with van der Waals surface area (Å²) in [6.07, 6.45) is 0. The zero-order valence-electron chi connectivity index (χ0n) is 16.2. The number of carbonyl (C=O) groups is 2. The van der Waals surface area contributed by atoms with E-state index in [9.17, 15) is 9.59 Å². The summed E-state index contributed by atoms with van der Waals surface area (Å²) in [5, 5.41) is 5.63. The SMILES string of the molecule is CC(NC(=O)c1ccccc1)C(=O)NCc1cccc(CN2CCOCC2)c1. The highest BCUT2D eigenvalue weighted by molar-refractivity contribution is 5.97. The van der Waals surface area contributed by atoms with Gasteiger partial charge in [0.1, 0.15) is 6.04 Å². The lowest BCUT2D eigenvalue weighted by atomic mass is 10.1. The number of nitrogens with zero attached hydrogens (tertiary/aromatic N) is 1. The van der Waals surface area contributed by atoms with Crippen molar-refractivity contribution in [2.75, 3.05) is 26.3 Å². The van der Waals surface area contributed by atoms with E-state index in [1.807, 2.05) is 18.2 Å². The molecule has 0 radical (unpaired) electrons. The average Bonchev–Trinajstić information content (AvgIpc) is 2.73. The first-order valence-electron chi connectivity index (χ1n) is 9.63. The molecule has 28 heavy (non-hydrogen) atoms. The van der Waals surface area contributed by atoms with Crippen molar-refractivity contribution >= 4 is 11.8 Å². The highest BCUT2D eigenvalue weighted by Crippen LogP contribution is 2.10. The quantitative estimate of drug-likeness (QED) is 0.769. The molecular formula is C22H27N3O3. The van der Waals surface area contributed by atoms with Crippen molar-refractivity contribution in [2.24, 2.45) is 0 Å². The van der Waals surface area contributed by atoms with E-state index in [0.29, 0.717) is 12.1 Å². The Labute approximate surface area is 165 Å². The van der Waals surface area contributed by atoms with Crippen LogP contribution in [0.1, 0.15) is 28.4 Å². The van der Waals surface area contributed by atoms with Crippen LogP contribution in [-0.4, -0.2) is 49.1 Å². The van der Waals surface area contributed by atoms with E-state index in [1.54, 1.807) is 31.2 Å². The molecule has 1 atom stereocenters. The number of carbonyl (C=O) groups excluding carboxylic acids is 2. The van der Waals surface area contributed by atoms with Gasteiger partial charge in [0.2, 0.25) is 5.91 Å². The predicted octanol–water partition coefficient (Wildman–Crippen LogP) is 1.95. The van der Waals surface area contributed by atoms with Gasteiger partial charge in [-0.2, -0.15) is 0 Å². The van der Waals surface area contributed by atoms with Crippen molar-refractivity contribution in [3.8, 4) is 0 Å². The van der Waals surface area contributed by atoms with Crippen LogP contribution < -0.4 is 10.6 Å². The van der Waals surface area contributed by atoms with E-state index in [2.05, 4.69) is 27.7 Å².